The van der Waals surface area contributed by atoms with Gasteiger partial charge in [-0.15, -0.1) is 0 Å². The molecule has 1 aliphatic carbocycles. The zero-order valence-corrected chi connectivity index (χ0v) is 13.2. The van der Waals surface area contributed by atoms with Crippen molar-refractivity contribution in [3.63, 3.8) is 0 Å². The van der Waals surface area contributed by atoms with Gasteiger partial charge >= 0.3 is 5.97 Å². The predicted molar refractivity (Wildman–Crippen MR) is 85.8 cm³/mol. The molecular weight excluding hydrogens is 292 g/mol. The minimum atomic E-state index is -1.00. The lowest BCUT2D eigenvalue weighted by atomic mass is 9.97. The number of carboxylic acid groups (broad SMARTS) is 1. The number of nitrogens with zero attached hydrogens (tertiary/aromatic N) is 4. The molecule has 0 radical (unpaired) electrons. The Morgan fingerprint density at radius 3 is 2.74 bits per heavy atom. The standard InChI is InChI=1S/C17H20N4O2/c1-2-13-12(7-20-8-14(16(22)23)18-11-20)3-4-15(19-13)21-9-17(10-21)5-6-17/h3-4,8,11H,2,5-7,9-10H2,1H3,(H,22,23). The molecule has 0 bridgehead atoms. The van der Waals surface area contributed by atoms with E-state index >= 15 is 0 Å². The molecule has 4 rings (SSSR count). The molecule has 120 valence electrons. The molecule has 0 unspecified atom stereocenters. The van der Waals surface area contributed by atoms with Gasteiger partial charge in [-0.3, -0.25) is 0 Å². The van der Waals surface area contributed by atoms with Crippen molar-refractivity contribution in [2.45, 2.75) is 32.7 Å². The largest absolute Gasteiger partial charge is 0.476 e. The number of rotatable bonds is 5. The number of imidazole rings is 1. The maximum Gasteiger partial charge on any atom is 0.356 e. The second-order valence-electron chi connectivity index (χ2n) is 6.72. The van der Waals surface area contributed by atoms with Crippen molar-refractivity contribution in [2.24, 2.45) is 5.41 Å². The van der Waals surface area contributed by atoms with Crippen LogP contribution in [0, 0.1) is 5.41 Å². The quantitative estimate of drug-likeness (QED) is 0.916. The van der Waals surface area contributed by atoms with E-state index in [1.54, 1.807) is 17.1 Å². The van der Waals surface area contributed by atoms with E-state index in [4.69, 9.17) is 10.1 Å². The smallest absolute Gasteiger partial charge is 0.356 e. The van der Waals surface area contributed by atoms with Crippen LogP contribution in [0.1, 0.15) is 41.5 Å². The first-order chi connectivity index (χ1) is 11.1. The summed E-state index contributed by atoms with van der Waals surface area (Å²) in [6.45, 7) is 4.99. The summed E-state index contributed by atoms with van der Waals surface area (Å²) in [5.41, 5.74) is 2.89. The fourth-order valence-corrected chi connectivity index (χ4v) is 3.32. The van der Waals surface area contributed by atoms with Crippen molar-refractivity contribution >= 4 is 11.8 Å². The van der Waals surface area contributed by atoms with Gasteiger partial charge in [-0.1, -0.05) is 13.0 Å². The van der Waals surface area contributed by atoms with E-state index in [9.17, 15) is 4.79 Å². The summed E-state index contributed by atoms with van der Waals surface area (Å²) in [5.74, 6) is 0.0692. The summed E-state index contributed by atoms with van der Waals surface area (Å²) in [7, 11) is 0. The molecule has 0 atom stereocenters. The molecule has 3 heterocycles. The van der Waals surface area contributed by atoms with Crippen molar-refractivity contribution in [1.29, 1.82) is 0 Å². The van der Waals surface area contributed by atoms with E-state index in [-0.39, 0.29) is 5.69 Å². The summed E-state index contributed by atoms with van der Waals surface area (Å²) in [6, 6.07) is 4.19. The van der Waals surface area contributed by atoms with E-state index in [1.165, 1.54) is 12.8 Å². The van der Waals surface area contributed by atoms with Gasteiger partial charge in [0.15, 0.2) is 5.69 Å². The number of carbonyl (C=O) groups is 1. The van der Waals surface area contributed by atoms with Gasteiger partial charge in [0, 0.05) is 30.4 Å². The molecule has 0 aromatic carbocycles. The zero-order valence-electron chi connectivity index (χ0n) is 13.2. The Morgan fingerprint density at radius 1 is 1.35 bits per heavy atom. The zero-order chi connectivity index (χ0) is 16.0. The van der Waals surface area contributed by atoms with Crippen molar-refractivity contribution in [3.05, 3.63) is 41.6 Å². The third-order valence-corrected chi connectivity index (χ3v) is 4.93. The van der Waals surface area contributed by atoms with Gasteiger partial charge in [-0.25, -0.2) is 14.8 Å². The van der Waals surface area contributed by atoms with Crippen molar-refractivity contribution < 1.29 is 9.90 Å². The molecule has 0 amide bonds. The van der Waals surface area contributed by atoms with E-state index < -0.39 is 5.97 Å². The molecule has 2 fully saturated rings. The van der Waals surface area contributed by atoms with Crippen LogP contribution in [-0.2, 0) is 13.0 Å². The van der Waals surface area contributed by atoms with Crippen LogP contribution in [0.15, 0.2) is 24.7 Å². The van der Waals surface area contributed by atoms with Crippen LogP contribution in [0.5, 0.6) is 0 Å². The molecule has 6 heteroatoms. The molecule has 1 spiro atoms. The fourth-order valence-electron chi connectivity index (χ4n) is 3.32. The van der Waals surface area contributed by atoms with E-state index in [1.807, 2.05) is 0 Å². The lowest BCUT2D eigenvalue weighted by Gasteiger charge is -2.41. The molecule has 2 aliphatic rings. The number of aromatic nitrogens is 3. The fraction of sp³-hybridized carbons (Fsp3) is 0.471. The third kappa shape index (κ3) is 2.58. The average molecular weight is 312 g/mol. The van der Waals surface area contributed by atoms with Gasteiger partial charge in [-0.2, -0.15) is 0 Å². The lowest BCUT2D eigenvalue weighted by Crippen LogP contribution is -2.48. The van der Waals surface area contributed by atoms with Crippen LogP contribution < -0.4 is 4.90 Å². The van der Waals surface area contributed by atoms with E-state index in [0.717, 1.165) is 36.6 Å². The molecule has 6 nitrogen and oxygen atoms in total. The SMILES string of the molecule is CCc1nc(N2CC3(CC3)C2)ccc1Cn1cnc(C(=O)O)c1. The van der Waals surface area contributed by atoms with Crippen LogP contribution in [0.25, 0.3) is 0 Å². The number of aryl methyl sites for hydroxylation is 1. The van der Waals surface area contributed by atoms with Gasteiger partial charge in [0.25, 0.3) is 0 Å². The van der Waals surface area contributed by atoms with Crippen LogP contribution in [0.2, 0.25) is 0 Å². The molecule has 2 aromatic heterocycles. The van der Waals surface area contributed by atoms with Gasteiger partial charge in [0.1, 0.15) is 5.82 Å². The van der Waals surface area contributed by atoms with Gasteiger partial charge in [0.2, 0.25) is 0 Å². The number of carboxylic acids is 1. The number of aromatic carboxylic acids is 1. The van der Waals surface area contributed by atoms with E-state index in [0.29, 0.717) is 12.0 Å². The summed E-state index contributed by atoms with van der Waals surface area (Å²) < 4.78 is 1.79. The highest BCUT2D eigenvalue weighted by atomic mass is 16.4. The second-order valence-corrected chi connectivity index (χ2v) is 6.72. The first-order valence-electron chi connectivity index (χ1n) is 8.07. The maximum absolute atomic E-state index is 10.9. The third-order valence-electron chi connectivity index (χ3n) is 4.93. The Balaban J connectivity index is 1.52. The van der Waals surface area contributed by atoms with Crippen molar-refractivity contribution in [1.82, 2.24) is 14.5 Å². The van der Waals surface area contributed by atoms with Crippen LogP contribution in [-0.4, -0.2) is 38.7 Å². The normalized spacial score (nSPS) is 18.0. The highest BCUT2D eigenvalue weighted by molar-refractivity contribution is 5.84. The summed E-state index contributed by atoms with van der Waals surface area (Å²) in [6.07, 6.45) is 6.72. The topological polar surface area (TPSA) is 71.2 Å². The Kier molecular flexibility index (Phi) is 3.14. The molecule has 1 aliphatic heterocycles. The maximum atomic E-state index is 10.9. The highest BCUT2D eigenvalue weighted by Crippen LogP contribution is 2.53. The molecule has 2 aromatic rings. The Morgan fingerprint density at radius 2 is 2.13 bits per heavy atom. The predicted octanol–water partition coefficient (Wildman–Crippen LogP) is 2.19. The van der Waals surface area contributed by atoms with Crippen LogP contribution in [0.4, 0.5) is 5.82 Å². The molecule has 1 saturated heterocycles. The number of pyridine rings is 1. The number of anilines is 1. The van der Waals surface area contributed by atoms with Gasteiger partial charge in [-0.05, 0) is 30.9 Å². The highest BCUT2D eigenvalue weighted by Gasteiger charge is 2.52. The number of hydrogen-bond donors (Lipinski definition) is 1. The lowest BCUT2D eigenvalue weighted by molar-refractivity contribution is 0.0691. The number of hydrogen-bond acceptors (Lipinski definition) is 4. The first kappa shape index (κ1) is 14.2. The summed E-state index contributed by atoms with van der Waals surface area (Å²) >= 11 is 0. The Labute approximate surface area is 134 Å². The van der Waals surface area contributed by atoms with Crippen molar-refractivity contribution in [3.8, 4) is 0 Å². The minimum Gasteiger partial charge on any atom is -0.476 e. The molecule has 23 heavy (non-hydrogen) atoms. The minimum absolute atomic E-state index is 0.0722. The molecule has 1 saturated carbocycles. The van der Waals surface area contributed by atoms with Gasteiger partial charge in [0.05, 0.1) is 12.9 Å². The molecular formula is C17H20N4O2. The Hall–Kier alpha value is -2.37. The van der Waals surface area contributed by atoms with E-state index in [2.05, 4.69) is 28.9 Å². The van der Waals surface area contributed by atoms with Gasteiger partial charge < -0.3 is 14.6 Å². The molecule has 1 N–H and O–H groups in total. The summed E-state index contributed by atoms with van der Waals surface area (Å²) in [4.78, 5) is 22.0. The Bertz CT molecular complexity index is 756. The summed E-state index contributed by atoms with van der Waals surface area (Å²) in [5, 5.41) is 8.95. The monoisotopic (exact) mass is 312 g/mol. The van der Waals surface area contributed by atoms with Crippen molar-refractivity contribution in [2.75, 3.05) is 18.0 Å². The first-order valence-corrected chi connectivity index (χ1v) is 8.07. The van der Waals surface area contributed by atoms with Crippen LogP contribution >= 0.6 is 0 Å². The van der Waals surface area contributed by atoms with Crippen LogP contribution in [0.3, 0.4) is 0 Å². The average Bonchev–Trinajstić information content (AvgIpc) is 3.18. The second kappa shape index (κ2) is 5.08.